The summed E-state index contributed by atoms with van der Waals surface area (Å²) in [6.07, 6.45) is 2.01. The van der Waals surface area contributed by atoms with E-state index in [0.29, 0.717) is 17.3 Å². The standard InChI is InChI=1S/C17H22ClNO5/c1-11-6-13(18)7-12(2)17(11)24-10-16(21)23-9-15(20)19-8-14-4-3-5-22-14/h6-7,14H,3-5,8-10H2,1-2H3,(H,19,20)/t14-/m0/s1. The predicted molar refractivity (Wildman–Crippen MR) is 89.4 cm³/mol. The molecule has 0 bridgehead atoms. The second kappa shape index (κ2) is 8.89. The minimum atomic E-state index is -0.601. The molecule has 1 heterocycles. The first kappa shape index (κ1) is 18.5. The van der Waals surface area contributed by atoms with Crippen LogP contribution in [0.15, 0.2) is 12.1 Å². The molecule has 6 nitrogen and oxygen atoms in total. The van der Waals surface area contributed by atoms with Crippen LogP contribution in [0.3, 0.4) is 0 Å². The van der Waals surface area contributed by atoms with Crippen LogP contribution in [0.4, 0.5) is 0 Å². The maximum absolute atomic E-state index is 11.7. The molecule has 0 unspecified atom stereocenters. The van der Waals surface area contributed by atoms with Crippen LogP contribution in [0.2, 0.25) is 5.02 Å². The molecule has 1 atom stereocenters. The smallest absolute Gasteiger partial charge is 0.344 e. The number of carbonyl (C=O) groups excluding carboxylic acids is 2. The van der Waals surface area contributed by atoms with Crippen LogP contribution in [0, 0.1) is 13.8 Å². The normalized spacial score (nSPS) is 16.7. The van der Waals surface area contributed by atoms with Gasteiger partial charge in [-0.3, -0.25) is 4.79 Å². The van der Waals surface area contributed by atoms with E-state index in [1.165, 1.54) is 0 Å². The van der Waals surface area contributed by atoms with E-state index in [4.69, 9.17) is 25.8 Å². The second-order valence-corrected chi connectivity index (χ2v) is 6.19. The molecular weight excluding hydrogens is 334 g/mol. The highest BCUT2D eigenvalue weighted by Gasteiger charge is 2.17. The highest BCUT2D eigenvalue weighted by molar-refractivity contribution is 6.30. The fraction of sp³-hybridized carbons (Fsp3) is 0.529. The summed E-state index contributed by atoms with van der Waals surface area (Å²) in [5.74, 6) is -0.354. The van der Waals surface area contributed by atoms with Gasteiger partial charge in [0, 0.05) is 18.2 Å². The van der Waals surface area contributed by atoms with Crippen molar-refractivity contribution in [2.24, 2.45) is 0 Å². The molecule has 1 amide bonds. The number of esters is 1. The number of rotatable bonds is 7. The van der Waals surface area contributed by atoms with E-state index in [-0.39, 0.29) is 25.2 Å². The minimum Gasteiger partial charge on any atom is -0.481 e. The van der Waals surface area contributed by atoms with E-state index in [1.807, 2.05) is 13.8 Å². The monoisotopic (exact) mass is 355 g/mol. The molecule has 1 saturated heterocycles. The number of carbonyl (C=O) groups is 2. The summed E-state index contributed by atoms with van der Waals surface area (Å²) in [5.41, 5.74) is 1.67. The molecule has 0 saturated carbocycles. The fourth-order valence-electron chi connectivity index (χ4n) is 2.53. The van der Waals surface area contributed by atoms with Gasteiger partial charge >= 0.3 is 5.97 Å². The van der Waals surface area contributed by atoms with Gasteiger partial charge in [0.25, 0.3) is 5.91 Å². The molecule has 1 aliphatic heterocycles. The van der Waals surface area contributed by atoms with Crippen molar-refractivity contribution in [3.05, 3.63) is 28.3 Å². The van der Waals surface area contributed by atoms with Crippen LogP contribution in [0.25, 0.3) is 0 Å². The quantitative estimate of drug-likeness (QED) is 0.759. The SMILES string of the molecule is Cc1cc(Cl)cc(C)c1OCC(=O)OCC(=O)NC[C@@H]1CCCO1. The summed E-state index contributed by atoms with van der Waals surface area (Å²) in [4.78, 5) is 23.3. The third-order valence-electron chi connectivity index (χ3n) is 3.67. The zero-order valence-corrected chi connectivity index (χ0v) is 14.6. The number of hydrogen-bond donors (Lipinski definition) is 1. The van der Waals surface area contributed by atoms with Crippen molar-refractivity contribution in [2.45, 2.75) is 32.8 Å². The lowest BCUT2D eigenvalue weighted by atomic mass is 10.1. The van der Waals surface area contributed by atoms with Crippen molar-refractivity contribution in [3.63, 3.8) is 0 Å². The Morgan fingerprint density at radius 2 is 2.00 bits per heavy atom. The van der Waals surface area contributed by atoms with Crippen molar-refractivity contribution in [1.29, 1.82) is 0 Å². The van der Waals surface area contributed by atoms with Gasteiger partial charge in [0.05, 0.1) is 6.10 Å². The second-order valence-electron chi connectivity index (χ2n) is 5.76. The zero-order chi connectivity index (χ0) is 17.5. The maximum Gasteiger partial charge on any atom is 0.344 e. The summed E-state index contributed by atoms with van der Waals surface area (Å²) in [6.45, 7) is 4.28. The Balaban J connectivity index is 1.68. The van der Waals surface area contributed by atoms with Crippen molar-refractivity contribution in [2.75, 3.05) is 26.4 Å². The minimum absolute atomic E-state index is 0.0591. The molecular formula is C17H22ClNO5. The number of halogens is 1. The molecule has 1 aliphatic rings. The van der Waals surface area contributed by atoms with E-state index in [1.54, 1.807) is 12.1 Å². The highest BCUT2D eigenvalue weighted by atomic mass is 35.5. The Hall–Kier alpha value is -1.79. The Kier molecular flexibility index (Phi) is 6.87. The van der Waals surface area contributed by atoms with E-state index >= 15 is 0 Å². The topological polar surface area (TPSA) is 73.9 Å². The van der Waals surface area contributed by atoms with E-state index in [0.717, 1.165) is 30.6 Å². The lowest BCUT2D eigenvalue weighted by Gasteiger charge is -2.13. The average Bonchev–Trinajstić information content (AvgIpc) is 3.03. The van der Waals surface area contributed by atoms with Gasteiger partial charge in [-0.25, -0.2) is 4.79 Å². The Labute approximate surface area is 146 Å². The average molecular weight is 356 g/mol. The molecule has 0 spiro atoms. The fourth-order valence-corrected chi connectivity index (χ4v) is 2.86. The molecule has 1 fully saturated rings. The van der Waals surface area contributed by atoms with Crippen LogP contribution in [0.1, 0.15) is 24.0 Å². The molecule has 0 aromatic heterocycles. The van der Waals surface area contributed by atoms with E-state index < -0.39 is 5.97 Å². The van der Waals surface area contributed by atoms with Crippen molar-refractivity contribution >= 4 is 23.5 Å². The van der Waals surface area contributed by atoms with E-state index in [9.17, 15) is 9.59 Å². The van der Waals surface area contributed by atoms with Gasteiger partial charge in [-0.1, -0.05) is 11.6 Å². The first-order chi connectivity index (χ1) is 11.5. The molecule has 1 N–H and O–H groups in total. The number of nitrogens with one attached hydrogen (secondary N) is 1. The molecule has 0 aliphatic carbocycles. The van der Waals surface area contributed by atoms with Gasteiger partial charge in [0.2, 0.25) is 0 Å². The summed E-state index contributed by atoms with van der Waals surface area (Å²) in [7, 11) is 0. The molecule has 1 aromatic rings. The Bertz CT molecular complexity index is 576. The van der Waals surface area contributed by atoms with Crippen LogP contribution in [-0.2, 0) is 19.1 Å². The lowest BCUT2D eigenvalue weighted by Crippen LogP contribution is -2.35. The largest absolute Gasteiger partial charge is 0.481 e. The van der Waals surface area contributed by atoms with Gasteiger partial charge in [-0.2, -0.15) is 0 Å². The summed E-state index contributed by atoms with van der Waals surface area (Å²) < 4.78 is 15.8. The molecule has 1 aromatic carbocycles. The maximum atomic E-state index is 11.7. The number of aryl methyl sites for hydroxylation is 2. The highest BCUT2D eigenvalue weighted by Crippen LogP contribution is 2.26. The first-order valence-electron chi connectivity index (χ1n) is 7.89. The van der Waals surface area contributed by atoms with Gasteiger partial charge < -0.3 is 19.5 Å². The van der Waals surface area contributed by atoms with Crippen LogP contribution in [-0.4, -0.2) is 44.3 Å². The number of benzene rings is 1. The molecule has 2 rings (SSSR count). The third-order valence-corrected chi connectivity index (χ3v) is 3.89. The Morgan fingerprint density at radius 3 is 2.62 bits per heavy atom. The number of hydrogen-bond acceptors (Lipinski definition) is 5. The first-order valence-corrected chi connectivity index (χ1v) is 8.27. The summed E-state index contributed by atoms with van der Waals surface area (Å²) >= 11 is 5.95. The third kappa shape index (κ3) is 5.69. The Morgan fingerprint density at radius 1 is 1.29 bits per heavy atom. The van der Waals surface area contributed by atoms with Crippen molar-refractivity contribution in [3.8, 4) is 5.75 Å². The van der Waals surface area contributed by atoms with Crippen LogP contribution < -0.4 is 10.1 Å². The molecule has 132 valence electrons. The number of ether oxygens (including phenoxy) is 3. The van der Waals surface area contributed by atoms with E-state index in [2.05, 4.69) is 5.32 Å². The summed E-state index contributed by atoms with van der Waals surface area (Å²) in [5, 5.41) is 3.30. The molecule has 7 heteroatoms. The predicted octanol–water partition coefficient (Wildman–Crippen LogP) is 2.17. The zero-order valence-electron chi connectivity index (χ0n) is 13.9. The lowest BCUT2D eigenvalue weighted by molar-refractivity contribution is -0.150. The van der Waals surface area contributed by atoms with Crippen LogP contribution >= 0.6 is 11.6 Å². The van der Waals surface area contributed by atoms with Gasteiger partial charge in [-0.05, 0) is 49.9 Å². The number of amides is 1. The van der Waals surface area contributed by atoms with Gasteiger partial charge in [0.15, 0.2) is 13.2 Å². The van der Waals surface area contributed by atoms with Gasteiger partial charge in [-0.15, -0.1) is 0 Å². The van der Waals surface area contributed by atoms with Gasteiger partial charge in [0.1, 0.15) is 5.75 Å². The van der Waals surface area contributed by atoms with Crippen molar-refractivity contribution < 1.29 is 23.8 Å². The van der Waals surface area contributed by atoms with Crippen LogP contribution in [0.5, 0.6) is 5.75 Å². The molecule has 24 heavy (non-hydrogen) atoms. The molecule has 0 radical (unpaired) electrons. The summed E-state index contributed by atoms with van der Waals surface area (Å²) in [6, 6.07) is 3.52. The van der Waals surface area contributed by atoms with Crippen molar-refractivity contribution in [1.82, 2.24) is 5.32 Å².